The molecule has 6 rings (SSSR count). The second kappa shape index (κ2) is 11.9. The predicted octanol–water partition coefficient (Wildman–Crippen LogP) is 3.97. The molecule has 2 fully saturated rings. The Bertz CT molecular complexity index is 1640. The summed E-state index contributed by atoms with van der Waals surface area (Å²) in [5.74, 6) is 0.551. The molecular weight excluding hydrogens is 566 g/mol. The van der Waals surface area contributed by atoms with Crippen LogP contribution in [0.5, 0.6) is 5.88 Å². The third-order valence-corrected chi connectivity index (χ3v) is 10.2. The third kappa shape index (κ3) is 6.36. The standard InChI is InChI=1S/C32H37N5O5S/c1-21-6-3-7-22(2)31(21)27-18-28-34-32(33-27)35-43(40,41)26-9-4-8-23(17-26)16-24-11-14-37(19-25(24)20-42-28)30(39)12-15-36-13-5-10-29(36)38/h3-4,6-9,17-18,24-25H,5,10-16,19-20H2,1-2H3,(H,33,34,35). The lowest BCUT2D eigenvalue weighted by molar-refractivity contribution is -0.135. The van der Waals surface area contributed by atoms with Crippen LogP contribution in [0.3, 0.4) is 0 Å². The largest absolute Gasteiger partial charge is 0.477 e. The number of anilines is 1. The van der Waals surface area contributed by atoms with Crippen LogP contribution in [0, 0.1) is 25.7 Å². The summed E-state index contributed by atoms with van der Waals surface area (Å²) in [4.78, 5) is 38.1. The first kappa shape index (κ1) is 29.1. The van der Waals surface area contributed by atoms with Gasteiger partial charge in [-0.25, -0.2) is 18.1 Å². The van der Waals surface area contributed by atoms with Gasteiger partial charge < -0.3 is 14.5 Å². The van der Waals surface area contributed by atoms with Crippen molar-refractivity contribution in [2.75, 3.05) is 37.5 Å². The molecule has 0 saturated carbocycles. The summed E-state index contributed by atoms with van der Waals surface area (Å²) < 4.78 is 35.7. The van der Waals surface area contributed by atoms with Crippen LogP contribution in [0.4, 0.5) is 5.95 Å². The Kier molecular flexibility index (Phi) is 8.09. The van der Waals surface area contributed by atoms with Crippen molar-refractivity contribution in [2.24, 2.45) is 11.8 Å². The molecule has 2 aromatic carbocycles. The van der Waals surface area contributed by atoms with E-state index in [-0.39, 0.29) is 40.4 Å². The number of carbonyl (C=O) groups excluding carboxylic acids is 2. The van der Waals surface area contributed by atoms with Gasteiger partial charge in [0.25, 0.3) is 10.0 Å². The molecule has 2 saturated heterocycles. The number of rotatable bonds is 4. The summed E-state index contributed by atoms with van der Waals surface area (Å²) in [5.41, 5.74) is 4.37. The highest BCUT2D eigenvalue weighted by Crippen LogP contribution is 2.33. The first-order chi connectivity index (χ1) is 20.7. The lowest BCUT2D eigenvalue weighted by Crippen LogP contribution is -2.47. The minimum atomic E-state index is -3.96. The average Bonchev–Trinajstić information content (AvgIpc) is 3.39. The molecule has 3 aliphatic heterocycles. The van der Waals surface area contributed by atoms with Crippen LogP contribution in [0.1, 0.15) is 42.4 Å². The molecule has 43 heavy (non-hydrogen) atoms. The summed E-state index contributed by atoms with van der Waals surface area (Å²) >= 11 is 0. The van der Waals surface area contributed by atoms with Crippen LogP contribution >= 0.6 is 0 Å². The minimum absolute atomic E-state index is 0.00200. The molecule has 4 heterocycles. The van der Waals surface area contributed by atoms with Crippen molar-refractivity contribution in [1.82, 2.24) is 19.8 Å². The van der Waals surface area contributed by atoms with Gasteiger partial charge in [-0.1, -0.05) is 30.3 Å². The number of nitrogens with one attached hydrogen (secondary N) is 1. The fourth-order valence-corrected chi connectivity index (χ4v) is 7.51. The molecule has 3 aromatic rings. The maximum Gasteiger partial charge on any atom is 0.264 e. The highest BCUT2D eigenvalue weighted by molar-refractivity contribution is 7.92. The topological polar surface area (TPSA) is 122 Å². The molecule has 11 heteroatoms. The zero-order chi connectivity index (χ0) is 30.1. The molecule has 2 atom stereocenters. The van der Waals surface area contributed by atoms with E-state index < -0.39 is 10.0 Å². The van der Waals surface area contributed by atoms with Gasteiger partial charge >= 0.3 is 0 Å². The number of likely N-dealkylation sites (tertiary alicyclic amines) is 2. The van der Waals surface area contributed by atoms with Crippen molar-refractivity contribution in [3.63, 3.8) is 0 Å². The Hall–Kier alpha value is -3.99. The molecular formula is C32H37N5O5S. The summed E-state index contributed by atoms with van der Waals surface area (Å²) in [6, 6.07) is 14.7. The molecule has 0 radical (unpaired) electrons. The number of ether oxygens (including phenoxy) is 1. The van der Waals surface area contributed by atoms with Crippen molar-refractivity contribution in [3.8, 4) is 17.1 Å². The van der Waals surface area contributed by atoms with Gasteiger partial charge in [0, 0.05) is 56.6 Å². The molecule has 226 valence electrons. The van der Waals surface area contributed by atoms with Crippen molar-refractivity contribution < 1.29 is 22.7 Å². The number of fused-ring (bicyclic) bond motifs is 5. The number of carbonyl (C=O) groups is 2. The van der Waals surface area contributed by atoms with Crippen LogP contribution < -0.4 is 9.46 Å². The third-order valence-electron chi connectivity index (χ3n) is 8.83. The number of sulfonamides is 1. The van der Waals surface area contributed by atoms with Crippen molar-refractivity contribution in [1.29, 1.82) is 0 Å². The highest BCUT2D eigenvalue weighted by atomic mass is 32.2. The van der Waals surface area contributed by atoms with E-state index in [9.17, 15) is 18.0 Å². The number of hydrogen-bond donors (Lipinski definition) is 1. The zero-order valence-electron chi connectivity index (χ0n) is 24.6. The molecule has 2 unspecified atom stereocenters. The molecule has 3 aliphatic rings. The van der Waals surface area contributed by atoms with Crippen LogP contribution in [0.25, 0.3) is 11.3 Å². The zero-order valence-corrected chi connectivity index (χ0v) is 25.4. The number of aromatic nitrogens is 2. The Balaban J connectivity index is 1.31. The SMILES string of the molecule is Cc1cccc(C)c1-c1cc2nc(n1)NS(=O)(=O)c1cccc(c1)CC1CCN(C(=O)CCN3CCCC3=O)CC1CO2. The minimum Gasteiger partial charge on any atom is -0.477 e. The Morgan fingerprint density at radius 3 is 2.60 bits per heavy atom. The van der Waals surface area contributed by atoms with E-state index >= 15 is 0 Å². The second-order valence-electron chi connectivity index (χ2n) is 11.8. The van der Waals surface area contributed by atoms with Gasteiger partial charge in [-0.3, -0.25) is 9.59 Å². The van der Waals surface area contributed by atoms with Gasteiger partial charge in [-0.05, 0) is 67.9 Å². The van der Waals surface area contributed by atoms with E-state index in [4.69, 9.17) is 4.74 Å². The van der Waals surface area contributed by atoms with Gasteiger partial charge in [0.2, 0.25) is 23.6 Å². The molecule has 10 nitrogen and oxygen atoms in total. The average molecular weight is 604 g/mol. The molecule has 0 aliphatic carbocycles. The van der Waals surface area contributed by atoms with Crippen LogP contribution in [0.2, 0.25) is 0 Å². The first-order valence-corrected chi connectivity index (χ1v) is 16.4. The fraction of sp³-hybridized carbons (Fsp3) is 0.438. The number of aryl methyl sites for hydroxylation is 2. The smallest absolute Gasteiger partial charge is 0.264 e. The first-order valence-electron chi connectivity index (χ1n) is 14.9. The van der Waals surface area contributed by atoms with Gasteiger partial charge in [-0.2, -0.15) is 4.98 Å². The molecule has 2 amide bonds. The quantitative estimate of drug-likeness (QED) is 0.479. The maximum atomic E-state index is 13.4. The van der Waals surface area contributed by atoms with E-state index in [1.54, 1.807) is 29.2 Å². The number of amides is 2. The van der Waals surface area contributed by atoms with E-state index in [2.05, 4.69) is 14.7 Å². The van der Waals surface area contributed by atoms with Gasteiger partial charge in [0.15, 0.2) is 0 Å². The van der Waals surface area contributed by atoms with Gasteiger partial charge in [-0.15, -0.1) is 0 Å². The monoisotopic (exact) mass is 603 g/mol. The van der Waals surface area contributed by atoms with Gasteiger partial charge in [0.1, 0.15) is 0 Å². The van der Waals surface area contributed by atoms with E-state index in [0.29, 0.717) is 51.2 Å². The highest BCUT2D eigenvalue weighted by Gasteiger charge is 2.33. The molecule has 1 aromatic heterocycles. The Labute approximate surface area is 252 Å². The summed E-state index contributed by atoms with van der Waals surface area (Å²) in [6.07, 6.45) is 3.15. The predicted molar refractivity (Wildman–Crippen MR) is 162 cm³/mol. The van der Waals surface area contributed by atoms with Crippen molar-refractivity contribution >= 4 is 27.8 Å². The van der Waals surface area contributed by atoms with E-state index in [1.807, 2.05) is 43.0 Å². The summed E-state index contributed by atoms with van der Waals surface area (Å²) in [6.45, 7) is 6.60. The fourth-order valence-electron chi connectivity index (χ4n) is 6.50. The number of benzene rings is 2. The normalized spacial score (nSPS) is 21.5. The molecule has 1 N–H and O–H groups in total. The van der Waals surface area contributed by atoms with Crippen LogP contribution in [-0.2, 0) is 26.0 Å². The van der Waals surface area contributed by atoms with Crippen molar-refractivity contribution in [2.45, 2.75) is 50.8 Å². The van der Waals surface area contributed by atoms with E-state index in [1.165, 1.54) is 0 Å². The lowest BCUT2D eigenvalue weighted by atomic mass is 9.81. The van der Waals surface area contributed by atoms with Gasteiger partial charge in [0.05, 0.1) is 17.2 Å². The molecule has 4 bridgehead atoms. The Morgan fingerprint density at radius 1 is 1.05 bits per heavy atom. The summed E-state index contributed by atoms with van der Waals surface area (Å²) in [5, 5.41) is 0. The van der Waals surface area contributed by atoms with Crippen LogP contribution in [0.15, 0.2) is 53.4 Å². The maximum absolute atomic E-state index is 13.4. The lowest BCUT2D eigenvalue weighted by Gasteiger charge is -2.39. The number of hydrogen-bond acceptors (Lipinski definition) is 7. The number of piperidine rings is 1. The van der Waals surface area contributed by atoms with E-state index in [0.717, 1.165) is 41.6 Å². The van der Waals surface area contributed by atoms with Crippen molar-refractivity contribution in [3.05, 3.63) is 65.2 Å². The van der Waals surface area contributed by atoms with Crippen LogP contribution in [-0.4, -0.2) is 72.8 Å². The Morgan fingerprint density at radius 2 is 1.84 bits per heavy atom. The molecule has 0 spiro atoms. The number of nitrogens with zero attached hydrogens (tertiary/aromatic N) is 4. The summed E-state index contributed by atoms with van der Waals surface area (Å²) in [7, 11) is -3.96. The second-order valence-corrected chi connectivity index (χ2v) is 13.5.